The highest BCUT2D eigenvalue weighted by atomic mass is 19.4. The Bertz CT molecular complexity index is 1300. The second-order valence-corrected chi connectivity index (χ2v) is 8.87. The first-order valence-corrected chi connectivity index (χ1v) is 11.2. The van der Waals surface area contributed by atoms with Gasteiger partial charge in [0.15, 0.2) is 0 Å². The lowest BCUT2D eigenvalue weighted by Crippen LogP contribution is -2.48. The predicted octanol–water partition coefficient (Wildman–Crippen LogP) is 4.07. The molecule has 3 aromatic rings. The lowest BCUT2D eigenvalue weighted by atomic mass is 9.98. The van der Waals surface area contributed by atoms with E-state index in [1.807, 2.05) is 13.8 Å². The number of amides is 1. The summed E-state index contributed by atoms with van der Waals surface area (Å²) >= 11 is 0. The minimum Gasteiger partial charge on any atom is -0.377 e. The second-order valence-electron chi connectivity index (χ2n) is 8.87. The van der Waals surface area contributed by atoms with E-state index in [4.69, 9.17) is 4.74 Å². The zero-order valence-corrected chi connectivity index (χ0v) is 19.7. The molecule has 1 aliphatic rings. The number of nitrogens with one attached hydrogen (secondary N) is 2. The largest absolute Gasteiger partial charge is 0.416 e. The number of carbonyl (C=O) groups is 1. The number of aromatic nitrogens is 3. The van der Waals surface area contributed by atoms with Crippen LogP contribution >= 0.6 is 0 Å². The molecule has 1 amide bonds. The van der Waals surface area contributed by atoms with Crippen molar-refractivity contribution in [1.29, 1.82) is 0 Å². The molecule has 11 heteroatoms. The number of alkyl halides is 3. The van der Waals surface area contributed by atoms with Gasteiger partial charge in [0.2, 0.25) is 0 Å². The monoisotopic (exact) mass is 489 g/mol. The van der Waals surface area contributed by atoms with E-state index in [1.165, 1.54) is 25.3 Å². The smallest absolute Gasteiger partial charge is 0.377 e. The fraction of sp³-hybridized carbons (Fsp3) is 0.417. The first-order valence-electron chi connectivity index (χ1n) is 11.2. The van der Waals surface area contributed by atoms with Crippen molar-refractivity contribution >= 4 is 22.5 Å². The Kier molecular flexibility index (Phi) is 6.54. The van der Waals surface area contributed by atoms with Gasteiger partial charge in [0, 0.05) is 19.1 Å². The molecule has 0 aliphatic carbocycles. The summed E-state index contributed by atoms with van der Waals surface area (Å²) in [5.41, 5.74) is -0.840. The number of hydrogen-bond donors (Lipinski definition) is 2. The number of halogens is 3. The van der Waals surface area contributed by atoms with Gasteiger partial charge in [-0.05, 0) is 57.5 Å². The van der Waals surface area contributed by atoms with Crippen LogP contribution < -0.4 is 10.9 Å². The molecular weight excluding hydrogens is 463 g/mol. The molecule has 3 atom stereocenters. The Balaban J connectivity index is 1.59. The molecule has 0 spiro atoms. The number of H-pyrrole nitrogens is 1. The highest BCUT2D eigenvalue weighted by molar-refractivity contribution is 5.92. The average molecular weight is 489 g/mol. The van der Waals surface area contributed by atoms with E-state index in [2.05, 4.69) is 20.3 Å². The zero-order chi connectivity index (χ0) is 25.5. The number of anilines is 1. The SMILES string of the molecule is Cc1nc2cc(C(F)(F)F)c(C(C)Nc3ccc(C(=O)N4C[C@@H](C)O[C@@H](C)C4)nc3)cc2c(=O)[nH]1. The number of pyridine rings is 1. The topological polar surface area (TPSA) is 100 Å². The van der Waals surface area contributed by atoms with E-state index in [-0.39, 0.29) is 46.1 Å². The highest BCUT2D eigenvalue weighted by Crippen LogP contribution is 2.37. The number of morpholine rings is 1. The van der Waals surface area contributed by atoms with Crippen molar-refractivity contribution in [3.63, 3.8) is 0 Å². The Morgan fingerprint density at radius 3 is 2.51 bits per heavy atom. The van der Waals surface area contributed by atoms with Gasteiger partial charge in [0.25, 0.3) is 11.5 Å². The third kappa shape index (κ3) is 5.29. The van der Waals surface area contributed by atoms with Gasteiger partial charge in [-0.15, -0.1) is 0 Å². The van der Waals surface area contributed by atoms with Gasteiger partial charge in [0.1, 0.15) is 11.5 Å². The van der Waals surface area contributed by atoms with Crippen LogP contribution in [0.4, 0.5) is 18.9 Å². The fourth-order valence-electron chi connectivity index (χ4n) is 4.36. The van der Waals surface area contributed by atoms with Gasteiger partial charge < -0.3 is 19.9 Å². The zero-order valence-electron chi connectivity index (χ0n) is 19.7. The maximum absolute atomic E-state index is 13.8. The van der Waals surface area contributed by atoms with Crippen LogP contribution in [0.5, 0.6) is 0 Å². The van der Waals surface area contributed by atoms with Crippen LogP contribution in [0.2, 0.25) is 0 Å². The molecule has 1 saturated heterocycles. The summed E-state index contributed by atoms with van der Waals surface area (Å²) in [5, 5.41) is 3.06. The Hall–Kier alpha value is -3.47. The maximum Gasteiger partial charge on any atom is 0.416 e. The van der Waals surface area contributed by atoms with Crippen LogP contribution in [0, 0.1) is 6.92 Å². The summed E-state index contributed by atoms with van der Waals surface area (Å²) in [7, 11) is 0. The summed E-state index contributed by atoms with van der Waals surface area (Å²) in [6.07, 6.45) is -3.40. The molecule has 35 heavy (non-hydrogen) atoms. The number of hydrogen-bond acceptors (Lipinski definition) is 6. The highest BCUT2D eigenvalue weighted by Gasteiger charge is 2.35. The van der Waals surface area contributed by atoms with E-state index in [9.17, 15) is 22.8 Å². The number of benzene rings is 1. The van der Waals surface area contributed by atoms with Crippen LogP contribution in [0.25, 0.3) is 10.9 Å². The normalized spacial score (nSPS) is 19.6. The van der Waals surface area contributed by atoms with E-state index >= 15 is 0 Å². The third-order valence-electron chi connectivity index (χ3n) is 5.84. The van der Waals surface area contributed by atoms with E-state index < -0.39 is 23.3 Å². The van der Waals surface area contributed by atoms with E-state index in [0.29, 0.717) is 18.8 Å². The predicted molar refractivity (Wildman–Crippen MR) is 124 cm³/mol. The molecule has 0 bridgehead atoms. The van der Waals surface area contributed by atoms with Crippen LogP contribution in [0.3, 0.4) is 0 Å². The second kappa shape index (κ2) is 9.29. The molecule has 1 fully saturated rings. The van der Waals surface area contributed by atoms with Crippen molar-refractivity contribution in [2.45, 2.75) is 52.1 Å². The number of ether oxygens (including phenoxy) is 1. The van der Waals surface area contributed by atoms with E-state index in [1.54, 1.807) is 17.9 Å². The van der Waals surface area contributed by atoms with Gasteiger partial charge in [-0.25, -0.2) is 9.97 Å². The molecule has 8 nitrogen and oxygen atoms in total. The third-order valence-corrected chi connectivity index (χ3v) is 5.84. The van der Waals surface area contributed by atoms with Gasteiger partial charge >= 0.3 is 6.18 Å². The molecule has 1 unspecified atom stereocenters. The van der Waals surface area contributed by atoms with Gasteiger partial charge in [-0.3, -0.25) is 9.59 Å². The van der Waals surface area contributed by atoms with Crippen LogP contribution in [0.1, 0.15) is 54.3 Å². The maximum atomic E-state index is 13.8. The molecule has 0 radical (unpaired) electrons. The van der Waals surface area contributed by atoms with Crippen molar-refractivity contribution in [3.8, 4) is 0 Å². The molecule has 1 aromatic carbocycles. The number of nitrogens with zero attached hydrogens (tertiary/aromatic N) is 3. The minimum absolute atomic E-state index is 0.0224. The number of fused-ring (bicyclic) bond motifs is 1. The number of carbonyl (C=O) groups excluding carboxylic acids is 1. The summed E-state index contributed by atoms with van der Waals surface area (Å²) in [6.45, 7) is 7.76. The summed E-state index contributed by atoms with van der Waals surface area (Å²) < 4.78 is 47.2. The summed E-state index contributed by atoms with van der Waals surface area (Å²) in [5.74, 6) is -0.00115. The molecule has 186 valence electrons. The van der Waals surface area contributed by atoms with Crippen LogP contribution in [0.15, 0.2) is 35.3 Å². The molecule has 4 rings (SSSR count). The van der Waals surface area contributed by atoms with Crippen molar-refractivity contribution < 1.29 is 22.7 Å². The van der Waals surface area contributed by atoms with Gasteiger partial charge in [0.05, 0.1) is 40.6 Å². The molecular formula is C24H26F3N5O3. The Morgan fingerprint density at radius 1 is 1.23 bits per heavy atom. The number of rotatable bonds is 4. The lowest BCUT2D eigenvalue weighted by Gasteiger charge is -2.35. The standard InChI is InChI=1S/C24H26F3N5O3/c1-12-10-32(11-13(2)35-12)23(34)20-6-5-16(9-28-20)29-14(3)17-7-18-21(8-19(17)24(25,26)27)30-15(4)31-22(18)33/h5-9,12-14,29H,10-11H2,1-4H3,(H,30,31,33)/t12-,13+,14?. The van der Waals surface area contributed by atoms with Crippen LogP contribution in [-0.2, 0) is 10.9 Å². The lowest BCUT2D eigenvalue weighted by molar-refractivity contribution is -0.138. The summed E-state index contributed by atoms with van der Waals surface area (Å²) in [6, 6.07) is 4.42. The van der Waals surface area contributed by atoms with Gasteiger partial charge in [-0.2, -0.15) is 13.2 Å². The first kappa shape index (κ1) is 24.6. The van der Waals surface area contributed by atoms with Crippen molar-refractivity contribution in [2.75, 3.05) is 18.4 Å². The average Bonchev–Trinajstić information content (AvgIpc) is 2.77. The molecule has 3 heterocycles. The Morgan fingerprint density at radius 2 is 1.91 bits per heavy atom. The first-order chi connectivity index (χ1) is 16.4. The van der Waals surface area contributed by atoms with Crippen LogP contribution in [-0.4, -0.2) is 51.1 Å². The Labute approximate surface area is 199 Å². The molecule has 2 N–H and O–H groups in total. The van der Waals surface area contributed by atoms with Gasteiger partial charge in [-0.1, -0.05) is 0 Å². The quantitative estimate of drug-likeness (QED) is 0.573. The number of aromatic amines is 1. The summed E-state index contributed by atoms with van der Waals surface area (Å²) in [4.78, 5) is 37.6. The molecule has 0 saturated carbocycles. The minimum atomic E-state index is -4.64. The molecule has 1 aliphatic heterocycles. The van der Waals surface area contributed by atoms with Crippen molar-refractivity contribution in [2.24, 2.45) is 0 Å². The fourth-order valence-corrected chi connectivity index (χ4v) is 4.36. The molecule has 2 aromatic heterocycles. The van der Waals surface area contributed by atoms with E-state index in [0.717, 1.165) is 6.07 Å². The number of aryl methyl sites for hydroxylation is 1. The van der Waals surface area contributed by atoms with Crippen molar-refractivity contribution in [1.82, 2.24) is 19.9 Å². The van der Waals surface area contributed by atoms with Crippen molar-refractivity contribution in [3.05, 3.63) is 63.5 Å².